The molecule has 0 radical (unpaired) electrons. The highest BCUT2D eigenvalue weighted by Gasteiger charge is 2.53. The Morgan fingerprint density at radius 1 is 0.984 bits per heavy atom. The van der Waals surface area contributed by atoms with Crippen molar-refractivity contribution in [2.45, 2.75) is 139 Å². The molecule has 330 valence electrons. The second kappa shape index (κ2) is 18.5. The number of methoxy groups -OCH3 is 1. The van der Waals surface area contributed by atoms with Gasteiger partial charge in [-0.05, 0) is 142 Å². The van der Waals surface area contributed by atoms with Crippen molar-refractivity contribution < 1.29 is 19.0 Å². The molecular weight excluding hydrogens is 799 g/mol. The maximum Gasteiger partial charge on any atom is 0.272 e. The molecule has 2 aliphatic carbocycles. The van der Waals surface area contributed by atoms with Crippen LogP contribution in [0, 0.1) is 28.6 Å². The molecule has 9 rings (SSSR count). The third-order valence-electron chi connectivity index (χ3n) is 14.5. The Morgan fingerprint density at radius 3 is 2.48 bits per heavy atom. The number of piperidine rings is 1. The molecule has 6 unspecified atom stereocenters. The minimum Gasteiger partial charge on any atom is -0.490 e. The number of aliphatic imine (C=N–C) groups is 1. The third-order valence-corrected chi connectivity index (χ3v) is 16.1. The summed E-state index contributed by atoms with van der Waals surface area (Å²) in [4.78, 5) is 23.6. The lowest BCUT2D eigenvalue weighted by molar-refractivity contribution is -0.0239. The van der Waals surface area contributed by atoms with Crippen LogP contribution in [0.25, 0.3) is 0 Å². The molecule has 5 heterocycles. The van der Waals surface area contributed by atoms with E-state index in [1.54, 1.807) is 7.11 Å². The molecule has 1 amide bonds. The number of hydrogen-bond acceptors (Lipinski definition) is 13. The van der Waals surface area contributed by atoms with Gasteiger partial charge in [-0.15, -0.1) is 22.0 Å². The van der Waals surface area contributed by atoms with E-state index in [0.29, 0.717) is 40.3 Å². The zero-order valence-corrected chi connectivity index (χ0v) is 37.7. The van der Waals surface area contributed by atoms with E-state index in [9.17, 15) is 10.1 Å². The van der Waals surface area contributed by atoms with Crippen molar-refractivity contribution in [2.24, 2.45) is 22.2 Å². The van der Waals surface area contributed by atoms with Gasteiger partial charge >= 0.3 is 0 Å². The molecule has 0 bridgehead atoms. The summed E-state index contributed by atoms with van der Waals surface area (Å²) in [6.07, 6.45) is 10.1. The maximum absolute atomic E-state index is 13.2. The number of ether oxygens (including phenoxy) is 3. The maximum atomic E-state index is 13.2. The van der Waals surface area contributed by atoms with Crippen molar-refractivity contribution in [3.63, 3.8) is 0 Å². The number of nitrogens with one attached hydrogen (secondary N) is 3. The standard InChI is InChI=1S/C48H63N9O4S/c1-6-8-33-23-38(16-11-34(33)26-49)60-37-17-12-35(13-18-37)50-46(58)40-19-20-42(54-53-40)56-22-7-21-48(28-56)24-39(25-48)61-36-14-9-32(10-15-36)44-43-29(2)30(3)62-47(43)57-31(4)52-55-45(57)41(51-44)27-59-5/h9-11,14-16,19-20,23,29-31,35,37,39,41,43,45,47,52,55H,6-8,12-13,17-18,21-22,24-25,27-28H2,1-5H3,(H,50,58)/t29?,30?,31?,35?,37?,39?,41-,43?,45?,47?,48?/m0/s1. The van der Waals surface area contributed by atoms with Gasteiger partial charge in [0.05, 0.1) is 42.0 Å². The molecule has 2 aromatic carbocycles. The van der Waals surface area contributed by atoms with Gasteiger partial charge in [-0.2, -0.15) is 5.26 Å². The van der Waals surface area contributed by atoms with Crippen LogP contribution in [0.2, 0.25) is 0 Å². The minimum atomic E-state index is -0.181. The zero-order chi connectivity index (χ0) is 43.0. The van der Waals surface area contributed by atoms with Crippen LogP contribution in [0.4, 0.5) is 5.82 Å². The Hall–Kier alpha value is -4.26. The zero-order valence-electron chi connectivity index (χ0n) is 36.9. The van der Waals surface area contributed by atoms with Crippen LogP contribution in [-0.4, -0.2) is 101 Å². The first kappa shape index (κ1) is 43.0. The number of aryl methyl sites for hydroxylation is 1. The molecule has 3 N–H and O–H groups in total. The molecule has 3 saturated heterocycles. The van der Waals surface area contributed by atoms with E-state index in [0.717, 1.165) is 93.8 Å². The molecule has 62 heavy (non-hydrogen) atoms. The van der Waals surface area contributed by atoms with Crippen LogP contribution in [0.15, 0.2) is 59.6 Å². The monoisotopic (exact) mass is 861 g/mol. The Labute approximate surface area is 371 Å². The Kier molecular flexibility index (Phi) is 12.8. The number of fused-ring (bicyclic) bond motifs is 3. The summed E-state index contributed by atoms with van der Waals surface area (Å²) in [6.45, 7) is 11.5. The molecule has 5 fully saturated rings. The number of carbonyl (C=O) groups excluding carboxylic acids is 1. The van der Waals surface area contributed by atoms with Crippen LogP contribution in [0.3, 0.4) is 0 Å². The van der Waals surface area contributed by atoms with Crippen molar-refractivity contribution >= 4 is 29.2 Å². The van der Waals surface area contributed by atoms with Crippen molar-refractivity contribution in [3.05, 3.63) is 77.0 Å². The molecule has 3 aromatic rings. The number of rotatable bonds is 12. The normalized spacial score (nSPS) is 33.1. The number of nitriles is 1. The van der Waals surface area contributed by atoms with E-state index in [1.807, 2.05) is 30.3 Å². The number of amides is 1. The van der Waals surface area contributed by atoms with E-state index in [2.05, 4.69) is 106 Å². The summed E-state index contributed by atoms with van der Waals surface area (Å²) in [7, 11) is 1.76. The predicted molar refractivity (Wildman–Crippen MR) is 242 cm³/mol. The second-order valence-electron chi connectivity index (χ2n) is 18.7. The fraction of sp³-hybridized carbons (Fsp3) is 0.604. The first-order valence-corrected chi connectivity index (χ1v) is 24.0. The summed E-state index contributed by atoms with van der Waals surface area (Å²) >= 11 is 2.07. The lowest BCUT2D eigenvalue weighted by Gasteiger charge is -2.52. The topological polar surface area (TPSA) is 149 Å². The summed E-state index contributed by atoms with van der Waals surface area (Å²) in [5.41, 5.74) is 11.6. The quantitative estimate of drug-likeness (QED) is 0.175. The van der Waals surface area contributed by atoms with Gasteiger partial charge in [0.25, 0.3) is 5.91 Å². The molecule has 1 aromatic heterocycles. The number of thioether (sulfide) groups is 1. The Morgan fingerprint density at radius 2 is 1.76 bits per heavy atom. The van der Waals surface area contributed by atoms with Crippen LogP contribution in [-0.2, 0) is 11.2 Å². The fourth-order valence-electron chi connectivity index (χ4n) is 11.0. The average Bonchev–Trinajstić information content (AvgIpc) is 3.75. The van der Waals surface area contributed by atoms with E-state index >= 15 is 0 Å². The highest BCUT2D eigenvalue weighted by atomic mass is 32.2. The van der Waals surface area contributed by atoms with E-state index in [4.69, 9.17) is 19.2 Å². The number of nitrogens with zero attached hydrogens (tertiary/aromatic N) is 6. The molecular formula is C48H63N9O4S. The van der Waals surface area contributed by atoms with Crippen molar-refractivity contribution in [1.82, 2.24) is 31.3 Å². The van der Waals surface area contributed by atoms with E-state index < -0.39 is 0 Å². The first-order chi connectivity index (χ1) is 30.1. The molecule has 14 heteroatoms. The Balaban J connectivity index is 0.759. The van der Waals surface area contributed by atoms with Gasteiger partial charge in [0.2, 0.25) is 0 Å². The van der Waals surface area contributed by atoms with Crippen molar-refractivity contribution in [2.75, 3.05) is 31.7 Å². The molecule has 2 saturated carbocycles. The van der Waals surface area contributed by atoms with E-state index in [-0.39, 0.29) is 47.9 Å². The minimum absolute atomic E-state index is 0.0220. The largest absolute Gasteiger partial charge is 0.490 e. The van der Waals surface area contributed by atoms with Crippen LogP contribution >= 0.6 is 11.8 Å². The smallest absolute Gasteiger partial charge is 0.272 e. The van der Waals surface area contributed by atoms with Gasteiger partial charge in [0.15, 0.2) is 11.5 Å². The van der Waals surface area contributed by atoms with Gasteiger partial charge in [0.1, 0.15) is 23.7 Å². The van der Waals surface area contributed by atoms with E-state index in [1.165, 1.54) is 17.7 Å². The summed E-state index contributed by atoms with van der Waals surface area (Å²) in [5.74, 6) is 3.17. The lowest BCUT2D eigenvalue weighted by Crippen LogP contribution is -2.54. The average molecular weight is 862 g/mol. The predicted octanol–water partition coefficient (Wildman–Crippen LogP) is 6.86. The lowest BCUT2D eigenvalue weighted by atomic mass is 9.62. The number of aromatic nitrogens is 2. The highest BCUT2D eigenvalue weighted by molar-refractivity contribution is 8.00. The van der Waals surface area contributed by atoms with Gasteiger partial charge in [-0.25, -0.2) is 10.9 Å². The van der Waals surface area contributed by atoms with Gasteiger partial charge < -0.3 is 24.4 Å². The molecule has 1 spiro atoms. The van der Waals surface area contributed by atoms with Crippen molar-refractivity contribution in [1.29, 1.82) is 5.26 Å². The van der Waals surface area contributed by atoms with Gasteiger partial charge in [0, 0.05) is 43.1 Å². The van der Waals surface area contributed by atoms with Crippen LogP contribution < -0.4 is 30.5 Å². The van der Waals surface area contributed by atoms with Gasteiger partial charge in [-0.1, -0.05) is 27.2 Å². The Bertz CT molecular complexity index is 2120. The highest BCUT2D eigenvalue weighted by Crippen LogP contribution is 2.51. The second-order valence-corrected chi connectivity index (χ2v) is 20.2. The SMILES string of the molecule is CCCc1cc(OC2CCC(NC(=O)c3ccc(N4CCCC5(CC(Oc6ccc(C7=N[C@@H](COC)C8NNC(C)N8C8SC(C)C(C)C78)cc6)C5)C4)nn3)CC2)ccc1C#N. The summed E-state index contributed by atoms with van der Waals surface area (Å²) < 4.78 is 18.6. The number of hydrazine groups is 1. The number of carbonyl (C=O) groups is 1. The molecule has 6 aliphatic rings. The number of hydrogen-bond donors (Lipinski definition) is 3. The number of anilines is 1. The fourth-order valence-corrected chi connectivity index (χ4v) is 12.9. The molecule has 7 atom stereocenters. The third kappa shape index (κ3) is 8.80. The molecule has 13 nitrogen and oxygen atoms in total. The van der Waals surface area contributed by atoms with Crippen LogP contribution in [0.1, 0.15) is 113 Å². The summed E-state index contributed by atoms with van der Waals surface area (Å²) in [6, 6.07) is 20.6. The molecule has 4 aliphatic heterocycles. The number of benzene rings is 2. The first-order valence-electron chi connectivity index (χ1n) is 23.0. The summed E-state index contributed by atoms with van der Waals surface area (Å²) in [5, 5.41) is 22.4. The van der Waals surface area contributed by atoms with Crippen LogP contribution in [0.5, 0.6) is 11.5 Å². The van der Waals surface area contributed by atoms with Gasteiger partial charge in [-0.3, -0.25) is 14.7 Å². The van der Waals surface area contributed by atoms with Crippen molar-refractivity contribution in [3.8, 4) is 17.6 Å².